The van der Waals surface area contributed by atoms with E-state index < -0.39 is 0 Å². The summed E-state index contributed by atoms with van der Waals surface area (Å²) in [6.07, 6.45) is 4.34. The molecular weight excluding hydrogens is 316 g/mol. The lowest BCUT2D eigenvalue weighted by molar-refractivity contribution is -0.644. The molecule has 4 rings (SSSR count). The van der Waals surface area contributed by atoms with E-state index in [0.717, 1.165) is 16.7 Å². The Hall–Kier alpha value is -2.46. The number of thioether (sulfide) groups is 1. The predicted octanol–water partition coefficient (Wildman–Crippen LogP) is 4.21. The van der Waals surface area contributed by atoms with Crippen LogP contribution in [0.4, 0.5) is 5.69 Å². The van der Waals surface area contributed by atoms with Crippen molar-refractivity contribution in [1.82, 2.24) is 0 Å². The Balaban J connectivity index is 1.88. The third-order valence-corrected chi connectivity index (χ3v) is 5.59. The van der Waals surface area contributed by atoms with Gasteiger partial charge in [-0.25, -0.2) is 4.57 Å². The minimum Gasteiger partial charge on any atom is -0.496 e. The van der Waals surface area contributed by atoms with Gasteiger partial charge in [-0.3, -0.25) is 0 Å². The van der Waals surface area contributed by atoms with Crippen LogP contribution in [0.3, 0.4) is 0 Å². The van der Waals surface area contributed by atoms with Crippen LogP contribution in [0.25, 0.3) is 17.0 Å². The Morgan fingerprint density at radius 3 is 2.71 bits per heavy atom. The van der Waals surface area contributed by atoms with Crippen LogP contribution in [0.5, 0.6) is 5.75 Å². The maximum atomic E-state index is 5.61. The Bertz CT molecular complexity index is 965. The lowest BCUT2D eigenvalue weighted by atomic mass is 10.1. The van der Waals surface area contributed by atoms with Gasteiger partial charge in [0.2, 0.25) is 5.52 Å². The molecule has 1 aliphatic rings. The van der Waals surface area contributed by atoms with E-state index in [2.05, 4.69) is 72.2 Å². The average molecular weight is 335 g/mol. The predicted molar refractivity (Wildman–Crippen MR) is 100 cm³/mol. The van der Waals surface area contributed by atoms with E-state index in [1.165, 1.54) is 21.2 Å². The van der Waals surface area contributed by atoms with Gasteiger partial charge in [-0.2, -0.15) is 0 Å². The van der Waals surface area contributed by atoms with Crippen LogP contribution in [-0.2, 0) is 7.05 Å². The fraction of sp³-hybridized carbons (Fsp3) is 0.150. The summed E-state index contributed by atoms with van der Waals surface area (Å²) in [5.41, 5.74) is 3.58. The maximum Gasteiger partial charge on any atom is 0.216 e. The summed E-state index contributed by atoms with van der Waals surface area (Å²) in [6, 6.07) is 16.8. The Morgan fingerprint density at radius 2 is 1.92 bits per heavy atom. The molecule has 4 heteroatoms. The van der Waals surface area contributed by atoms with Crippen LogP contribution in [0.1, 0.15) is 5.56 Å². The second kappa shape index (κ2) is 5.87. The monoisotopic (exact) mass is 335 g/mol. The van der Waals surface area contributed by atoms with E-state index >= 15 is 0 Å². The fourth-order valence-corrected chi connectivity index (χ4v) is 4.23. The Morgan fingerprint density at radius 1 is 1.08 bits per heavy atom. The minimum atomic E-state index is 0.902. The van der Waals surface area contributed by atoms with Gasteiger partial charge in [-0.05, 0) is 24.3 Å². The van der Waals surface area contributed by atoms with Crippen molar-refractivity contribution in [3.63, 3.8) is 0 Å². The zero-order chi connectivity index (χ0) is 16.7. The smallest absolute Gasteiger partial charge is 0.216 e. The number of aromatic nitrogens is 1. The average Bonchev–Trinajstić information content (AvgIpc) is 2.93. The lowest BCUT2D eigenvalue weighted by Gasteiger charge is -2.14. The normalized spacial score (nSPS) is 15.1. The molecule has 0 saturated heterocycles. The number of fused-ring (bicyclic) bond motifs is 2. The molecule has 3 aromatic rings. The lowest BCUT2D eigenvalue weighted by Crippen LogP contribution is -2.28. The van der Waals surface area contributed by atoms with Gasteiger partial charge >= 0.3 is 0 Å². The number of hydrogen-bond acceptors (Lipinski definition) is 3. The number of para-hydroxylation sites is 1. The van der Waals surface area contributed by atoms with Gasteiger partial charge < -0.3 is 9.64 Å². The van der Waals surface area contributed by atoms with Gasteiger partial charge in [0, 0.05) is 29.6 Å². The van der Waals surface area contributed by atoms with Crippen LogP contribution in [0, 0.1) is 0 Å². The van der Waals surface area contributed by atoms with Crippen LogP contribution >= 0.6 is 11.8 Å². The molecule has 0 atom stereocenters. The van der Waals surface area contributed by atoms with Gasteiger partial charge in [0.1, 0.15) is 12.8 Å². The number of rotatable bonds is 2. The summed E-state index contributed by atoms with van der Waals surface area (Å²) in [6.45, 7) is 0. The number of ether oxygens (including phenoxy) is 1. The summed E-state index contributed by atoms with van der Waals surface area (Å²) in [7, 11) is 5.91. The van der Waals surface area contributed by atoms with Crippen LogP contribution < -0.4 is 14.2 Å². The highest BCUT2D eigenvalue weighted by Crippen LogP contribution is 2.45. The van der Waals surface area contributed by atoms with Crippen molar-refractivity contribution in [3.05, 3.63) is 65.3 Å². The number of anilines is 1. The van der Waals surface area contributed by atoms with E-state index in [4.69, 9.17) is 4.74 Å². The Kier molecular flexibility index (Phi) is 3.69. The van der Waals surface area contributed by atoms with Crippen molar-refractivity contribution < 1.29 is 9.30 Å². The first-order valence-corrected chi connectivity index (χ1v) is 8.68. The molecular formula is C20H19N2OS+. The number of benzene rings is 2. The molecule has 0 fully saturated rings. The molecule has 0 unspecified atom stereocenters. The van der Waals surface area contributed by atoms with Crippen molar-refractivity contribution in [2.45, 2.75) is 4.90 Å². The summed E-state index contributed by atoms with van der Waals surface area (Å²) in [5.74, 6) is 0.902. The van der Waals surface area contributed by atoms with Crippen molar-refractivity contribution in [2.75, 3.05) is 19.1 Å². The van der Waals surface area contributed by atoms with E-state index in [9.17, 15) is 0 Å². The van der Waals surface area contributed by atoms with Crippen molar-refractivity contribution >= 4 is 34.4 Å². The zero-order valence-electron chi connectivity index (χ0n) is 14.0. The summed E-state index contributed by atoms with van der Waals surface area (Å²) >= 11 is 1.80. The van der Waals surface area contributed by atoms with Crippen molar-refractivity contribution in [3.8, 4) is 5.75 Å². The number of methoxy groups -OCH3 is 1. The molecule has 2 heterocycles. The van der Waals surface area contributed by atoms with E-state index in [1.807, 2.05) is 12.1 Å². The highest BCUT2D eigenvalue weighted by atomic mass is 32.2. The van der Waals surface area contributed by atoms with Gasteiger partial charge in [0.25, 0.3) is 0 Å². The second-order valence-electron chi connectivity index (χ2n) is 5.85. The highest BCUT2D eigenvalue weighted by Gasteiger charge is 2.22. The van der Waals surface area contributed by atoms with E-state index in [-0.39, 0.29) is 0 Å². The standard InChI is InChI=1S/C20H19N2OS/c1-21-12-11-14(20-16(21)8-6-9-17(20)23-3)13-19-22(2)15-7-4-5-10-18(15)24-19/h4-13H,1-3H3/q+1. The van der Waals surface area contributed by atoms with Crippen LogP contribution in [0.15, 0.2) is 64.7 Å². The molecule has 1 aliphatic heterocycles. The molecule has 0 saturated carbocycles. The number of hydrogen-bond donors (Lipinski definition) is 0. The molecule has 0 spiro atoms. The van der Waals surface area contributed by atoms with E-state index in [0.29, 0.717) is 0 Å². The number of pyridine rings is 1. The third-order valence-electron chi connectivity index (χ3n) is 4.42. The first-order chi connectivity index (χ1) is 11.7. The molecule has 24 heavy (non-hydrogen) atoms. The largest absolute Gasteiger partial charge is 0.496 e. The minimum absolute atomic E-state index is 0.902. The van der Waals surface area contributed by atoms with Crippen molar-refractivity contribution in [2.24, 2.45) is 7.05 Å². The summed E-state index contributed by atoms with van der Waals surface area (Å²) in [4.78, 5) is 3.54. The fourth-order valence-electron chi connectivity index (χ4n) is 3.13. The number of nitrogens with zero attached hydrogens (tertiary/aromatic N) is 2. The second-order valence-corrected chi connectivity index (χ2v) is 6.91. The summed E-state index contributed by atoms with van der Waals surface area (Å²) in [5, 5.41) is 2.36. The van der Waals surface area contributed by atoms with Crippen LogP contribution in [0.2, 0.25) is 0 Å². The van der Waals surface area contributed by atoms with Gasteiger partial charge in [-0.15, -0.1) is 0 Å². The molecule has 0 N–H and O–H groups in total. The third kappa shape index (κ3) is 2.34. The van der Waals surface area contributed by atoms with Gasteiger partial charge in [0.15, 0.2) is 6.20 Å². The SMILES string of the molecule is COc1cccc2c1c(/C=C1\Sc3ccccc3N1C)cc[n+]2C. The maximum absolute atomic E-state index is 5.61. The van der Waals surface area contributed by atoms with Gasteiger partial charge in [-0.1, -0.05) is 30.0 Å². The quantitative estimate of drug-likeness (QED) is 0.653. The molecule has 2 aromatic carbocycles. The summed E-state index contributed by atoms with van der Waals surface area (Å²) < 4.78 is 7.74. The molecule has 120 valence electrons. The Labute approximate surface area is 146 Å². The van der Waals surface area contributed by atoms with Gasteiger partial charge in [0.05, 0.1) is 23.2 Å². The first-order valence-electron chi connectivity index (χ1n) is 7.86. The van der Waals surface area contributed by atoms with Crippen molar-refractivity contribution in [1.29, 1.82) is 0 Å². The molecule has 3 nitrogen and oxygen atoms in total. The number of aryl methyl sites for hydroxylation is 1. The highest BCUT2D eigenvalue weighted by molar-refractivity contribution is 8.03. The first kappa shape index (κ1) is 15.1. The molecule has 0 aliphatic carbocycles. The molecule has 0 bridgehead atoms. The molecule has 0 amide bonds. The van der Waals surface area contributed by atoms with Crippen LogP contribution in [-0.4, -0.2) is 14.2 Å². The zero-order valence-corrected chi connectivity index (χ0v) is 14.8. The van der Waals surface area contributed by atoms with E-state index in [1.54, 1.807) is 18.9 Å². The molecule has 1 aromatic heterocycles. The molecule has 0 radical (unpaired) electrons. The topological polar surface area (TPSA) is 16.4 Å².